The summed E-state index contributed by atoms with van der Waals surface area (Å²) in [7, 11) is 1.99. The first kappa shape index (κ1) is 9.71. The molecule has 78 valence electrons. The molecule has 0 aliphatic rings. The van der Waals surface area contributed by atoms with E-state index in [2.05, 4.69) is 9.97 Å². The van der Waals surface area contributed by atoms with Crippen molar-refractivity contribution in [3.63, 3.8) is 0 Å². The molecule has 2 heterocycles. The van der Waals surface area contributed by atoms with Crippen molar-refractivity contribution in [2.45, 2.75) is 12.8 Å². The van der Waals surface area contributed by atoms with Crippen molar-refractivity contribution in [2.24, 2.45) is 7.05 Å². The van der Waals surface area contributed by atoms with E-state index >= 15 is 0 Å². The number of nitrogens with two attached hydrogens (primary N) is 1. The lowest BCUT2D eigenvalue weighted by Gasteiger charge is -2.04. The zero-order chi connectivity index (χ0) is 10.7. The number of nitrogens with zero attached hydrogens (tertiary/aromatic N) is 3. The second-order valence-corrected chi connectivity index (χ2v) is 3.50. The second kappa shape index (κ2) is 4.13. The van der Waals surface area contributed by atoms with E-state index in [-0.39, 0.29) is 0 Å². The van der Waals surface area contributed by atoms with Gasteiger partial charge in [-0.15, -0.1) is 0 Å². The molecule has 0 fully saturated rings. The number of nitrogen functional groups attached to an aromatic ring is 1. The highest BCUT2D eigenvalue weighted by molar-refractivity contribution is 5.38. The smallest absolute Gasteiger partial charge is 0.126 e. The van der Waals surface area contributed by atoms with Gasteiger partial charge in [-0.3, -0.25) is 0 Å². The Hall–Kier alpha value is -1.84. The van der Waals surface area contributed by atoms with Crippen LogP contribution in [0.2, 0.25) is 0 Å². The number of rotatable bonds is 3. The first-order valence-corrected chi connectivity index (χ1v) is 4.93. The molecular formula is C11H14N4. The molecule has 0 spiro atoms. The third kappa shape index (κ3) is 2.15. The van der Waals surface area contributed by atoms with Gasteiger partial charge in [-0.1, -0.05) is 6.07 Å². The van der Waals surface area contributed by atoms with Crippen molar-refractivity contribution in [1.82, 2.24) is 14.5 Å². The van der Waals surface area contributed by atoms with Crippen LogP contribution in [0.3, 0.4) is 0 Å². The van der Waals surface area contributed by atoms with Crippen LogP contribution in [-0.2, 0) is 19.9 Å². The summed E-state index contributed by atoms with van der Waals surface area (Å²) < 4.78 is 2.02. The number of aromatic nitrogens is 3. The van der Waals surface area contributed by atoms with Gasteiger partial charge in [0.1, 0.15) is 11.6 Å². The normalized spacial score (nSPS) is 10.5. The molecule has 2 aromatic heterocycles. The van der Waals surface area contributed by atoms with Crippen LogP contribution >= 0.6 is 0 Å². The Kier molecular flexibility index (Phi) is 2.67. The second-order valence-electron chi connectivity index (χ2n) is 3.50. The SMILES string of the molecule is Cn1ccnc1CCc1cccnc1N. The molecule has 2 rings (SSSR count). The highest BCUT2D eigenvalue weighted by Gasteiger charge is 2.02. The standard InChI is InChI=1S/C11H14N4/c1-15-8-7-13-10(15)5-4-9-3-2-6-14-11(9)12/h2-3,6-8H,4-5H2,1H3,(H2,12,14). The van der Waals surface area contributed by atoms with Crippen molar-refractivity contribution in [3.8, 4) is 0 Å². The van der Waals surface area contributed by atoms with Crippen molar-refractivity contribution in [3.05, 3.63) is 42.1 Å². The molecule has 0 aromatic carbocycles. The maximum atomic E-state index is 5.76. The van der Waals surface area contributed by atoms with Gasteiger partial charge in [0, 0.05) is 32.1 Å². The predicted octanol–water partition coefficient (Wildman–Crippen LogP) is 1.18. The molecular weight excluding hydrogens is 188 g/mol. The van der Waals surface area contributed by atoms with E-state index in [1.54, 1.807) is 6.20 Å². The van der Waals surface area contributed by atoms with Crippen molar-refractivity contribution in [1.29, 1.82) is 0 Å². The average Bonchev–Trinajstić information content (AvgIpc) is 2.63. The predicted molar refractivity (Wildman–Crippen MR) is 59.3 cm³/mol. The highest BCUT2D eigenvalue weighted by atomic mass is 15.0. The van der Waals surface area contributed by atoms with E-state index in [4.69, 9.17) is 5.73 Å². The van der Waals surface area contributed by atoms with Crippen LogP contribution in [0.1, 0.15) is 11.4 Å². The van der Waals surface area contributed by atoms with E-state index in [1.807, 2.05) is 36.1 Å². The lowest BCUT2D eigenvalue weighted by molar-refractivity contribution is 0.771. The number of anilines is 1. The molecule has 0 bridgehead atoms. The van der Waals surface area contributed by atoms with Gasteiger partial charge in [0.25, 0.3) is 0 Å². The first-order chi connectivity index (χ1) is 7.27. The average molecular weight is 202 g/mol. The third-order valence-corrected chi connectivity index (χ3v) is 2.47. The topological polar surface area (TPSA) is 56.7 Å². The number of aryl methyl sites for hydroxylation is 3. The van der Waals surface area contributed by atoms with Crippen molar-refractivity contribution >= 4 is 5.82 Å². The molecule has 0 saturated carbocycles. The fourth-order valence-electron chi connectivity index (χ4n) is 1.55. The minimum atomic E-state index is 0.617. The van der Waals surface area contributed by atoms with Gasteiger partial charge in [-0.05, 0) is 18.1 Å². The zero-order valence-corrected chi connectivity index (χ0v) is 8.72. The van der Waals surface area contributed by atoms with E-state index < -0.39 is 0 Å². The number of imidazole rings is 1. The maximum Gasteiger partial charge on any atom is 0.126 e. The largest absolute Gasteiger partial charge is 0.383 e. The molecule has 0 aliphatic carbocycles. The lowest BCUT2D eigenvalue weighted by Crippen LogP contribution is -2.03. The Morgan fingerprint density at radius 3 is 2.80 bits per heavy atom. The molecule has 0 aliphatic heterocycles. The summed E-state index contributed by atoms with van der Waals surface area (Å²) in [6.45, 7) is 0. The Bertz CT molecular complexity index is 447. The van der Waals surface area contributed by atoms with Gasteiger partial charge in [-0.25, -0.2) is 9.97 Å². The minimum Gasteiger partial charge on any atom is -0.383 e. The van der Waals surface area contributed by atoms with Crippen LogP contribution in [0.5, 0.6) is 0 Å². The Labute approximate surface area is 88.8 Å². The summed E-state index contributed by atoms with van der Waals surface area (Å²) in [6, 6.07) is 3.91. The number of pyridine rings is 1. The molecule has 2 aromatic rings. The minimum absolute atomic E-state index is 0.617. The molecule has 0 radical (unpaired) electrons. The lowest BCUT2D eigenvalue weighted by atomic mass is 10.1. The summed E-state index contributed by atoms with van der Waals surface area (Å²) in [5.41, 5.74) is 6.84. The zero-order valence-electron chi connectivity index (χ0n) is 8.72. The van der Waals surface area contributed by atoms with Crippen LogP contribution in [0.4, 0.5) is 5.82 Å². The molecule has 0 unspecified atom stereocenters. The van der Waals surface area contributed by atoms with Gasteiger partial charge >= 0.3 is 0 Å². The van der Waals surface area contributed by atoms with Gasteiger partial charge in [0.05, 0.1) is 0 Å². The summed E-state index contributed by atoms with van der Waals surface area (Å²) in [4.78, 5) is 8.31. The van der Waals surface area contributed by atoms with Crippen LogP contribution in [-0.4, -0.2) is 14.5 Å². The number of hydrogen-bond donors (Lipinski definition) is 1. The summed E-state index contributed by atoms with van der Waals surface area (Å²) in [6.07, 6.45) is 7.23. The van der Waals surface area contributed by atoms with Crippen LogP contribution < -0.4 is 5.73 Å². The number of hydrogen-bond acceptors (Lipinski definition) is 3. The molecule has 0 amide bonds. The van der Waals surface area contributed by atoms with E-state index in [0.717, 1.165) is 24.2 Å². The summed E-state index contributed by atoms with van der Waals surface area (Å²) in [5.74, 6) is 1.69. The van der Waals surface area contributed by atoms with Crippen molar-refractivity contribution < 1.29 is 0 Å². The Morgan fingerprint density at radius 1 is 1.27 bits per heavy atom. The quantitative estimate of drug-likeness (QED) is 0.813. The fraction of sp³-hybridized carbons (Fsp3) is 0.273. The van der Waals surface area contributed by atoms with Crippen LogP contribution in [0.15, 0.2) is 30.7 Å². The van der Waals surface area contributed by atoms with E-state index in [0.29, 0.717) is 5.82 Å². The fourth-order valence-corrected chi connectivity index (χ4v) is 1.55. The van der Waals surface area contributed by atoms with E-state index in [9.17, 15) is 0 Å². The molecule has 0 saturated heterocycles. The molecule has 4 heteroatoms. The molecule has 2 N–H and O–H groups in total. The van der Waals surface area contributed by atoms with E-state index in [1.165, 1.54) is 0 Å². The van der Waals surface area contributed by atoms with Gasteiger partial charge < -0.3 is 10.3 Å². The van der Waals surface area contributed by atoms with Crippen LogP contribution in [0, 0.1) is 0 Å². The first-order valence-electron chi connectivity index (χ1n) is 4.93. The molecule has 0 atom stereocenters. The van der Waals surface area contributed by atoms with Crippen molar-refractivity contribution in [2.75, 3.05) is 5.73 Å². The van der Waals surface area contributed by atoms with Gasteiger partial charge in [-0.2, -0.15) is 0 Å². The Morgan fingerprint density at radius 2 is 2.13 bits per heavy atom. The highest BCUT2D eigenvalue weighted by Crippen LogP contribution is 2.10. The van der Waals surface area contributed by atoms with Crippen LogP contribution in [0.25, 0.3) is 0 Å². The third-order valence-electron chi connectivity index (χ3n) is 2.47. The summed E-state index contributed by atoms with van der Waals surface area (Å²) in [5, 5.41) is 0. The molecule has 4 nitrogen and oxygen atoms in total. The maximum absolute atomic E-state index is 5.76. The monoisotopic (exact) mass is 202 g/mol. The Balaban J connectivity index is 2.06. The summed E-state index contributed by atoms with van der Waals surface area (Å²) >= 11 is 0. The van der Waals surface area contributed by atoms with Gasteiger partial charge in [0.15, 0.2) is 0 Å². The van der Waals surface area contributed by atoms with Gasteiger partial charge in [0.2, 0.25) is 0 Å². The molecule has 15 heavy (non-hydrogen) atoms.